The lowest BCUT2D eigenvalue weighted by Gasteiger charge is -2.23. The van der Waals surface area contributed by atoms with Crippen molar-refractivity contribution >= 4 is 5.97 Å². The number of hydrogen-bond donors (Lipinski definition) is 2. The Hall–Kier alpha value is -1.46. The van der Waals surface area contributed by atoms with E-state index in [4.69, 9.17) is 9.84 Å². The van der Waals surface area contributed by atoms with Crippen molar-refractivity contribution in [2.45, 2.75) is 31.9 Å². The van der Waals surface area contributed by atoms with E-state index in [9.17, 15) is 4.79 Å². The van der Waals surface area contributed by atoms with Crippen LogP contribution in [-0.4, -0.2) is 35.3 Å². The number of nitrogens with one attached hydrogen (secondary N) is 1. The van der Waals surface area contributed by atoms with Gasteiger partial charge in [-0.2, -0.15) is 0 Å². The van der Waals surface area contributed by atoms with Gasteiger partial charge in [-0.3, -0.25) is 4.98 Å². The van der Waals surface area contributed by atoms with Crippen LogP contribution in [0.1, 0.15) is 35.3 Å². The minimum absolute atomic E-state index is 0.202. The number of carboxylic acids is 1. The number of hydrogen-bond acceptors (Lipinski definition) is 4. The van der Waals surface area contributed by atoms with Gasteiger partial charge in [-0.25, -0.2) is 4.79 Å². The van der Waals surface area contributed by atoms with Crippen LogP contribution in [-0.2, 0) is 11.3 Å². The molecule has 1 aliphatic rings. The van der Waals surface area contributed by atoms with Gasteiger partial charge in [0.2, 0.25) is 0 Å². The van der Waals surface area contributed by atoms with Crippen molar-refractivity contribution in [3.8, 4) is 0 Å². The Morgan fingerprint density at radius 3 is 3.00 bits per heavy atom. The second kappa shape index (κ2) is 6.47. The molecule has 0 saturated carbocycles. The van der Waals surface area contributed by atoms with Crippen LogP contribution in [0.4, 0.5) is 0 Å². The summed E-state index contributed by atoms with van der Waals surface area (Å²) in [6.07, 6.45) is 5.02. The first-order valence-electron chi connectivity index (χ1n) is 6.25. The third-order valence-corrected chi connectivity index (χ3v) is 3.05. The molecule has 5 nitrogen and oxygen atoms in total. The van der Waals surface area contributed by atoms with E-state index in [1.165, 1.54) is 19.0 Å². The molecule has 0 radical (unpaired) electrons. The van der Waals surface area contributed by atoms with Crippen molar-refractivity contribution in [2.75, 3.05) is 13.2 Å². The van der Waals surface area contributed by atoms with Crippen LogP contribution in [0, 0.1) is 0 Å². The summed E-state index contributed by atoms with van der Waals surface area (Å²) in [5.41, 5.74) is 0.962. The Bertz CT molecular complexity index is 386. The van der Waals surface area contributed by atoms with Gasteiger partial charge in [0.25, 0.3) is 0 Å². The Labute approximate surface area is 106 Å². The van der Waals surface area contributed by atoms with Gasteiger partial charge in [-0.15, -0.1) is 0 Å². The van der Waals surface area contributed by atoms with Gasteiger partial charge in [-0.1, -0.05) is 6.42 Å². The van der Waals surface area contributed by atoms with Crippen molar-refractivity contribution in [1.29, 1.82) is 0 Å². The fraction of sp³-hybridized carbons (Fsp3) is 0.538. The van der Waals surface area contributed by atoms with Crippen LogP contribution >= 0.6 is 0 Å². The molecule has 1 saturated heterocycles. The number of nitrogens with zero attached hydrogens (tertiary/aromatic N) is 1. The Kier molecular flexibility index (Phi) is 4.66. The number of pyridine rings is 1. The first kappa shape index (κ1) is 13.0. The molecule has 1 unspecified atom stereocenters. The molecule has 1 aromatic heterocycles. The van der Waals surface area contributed by atoms with E-state index in [1.807, 2.05) is 0 Å². The van der Waals surface area contributed by atoms with Crippen LogP contribution in [0.2, 0.25) is 0 Å². The zero-order valence-electron chi connectivity index (χ0n) is 10.3. The Morgan fingerprint density at radius 1 is 1.50 bits per heavy atom. The van der Waals surface area contributed by atoms with E-state index in [0.29, 0.717) is 19.3 Å². The van der Waals surface area contributed by atoms with Crippen LogP contribution in [0.3, 0.4) is 0 Å². The molecular formula is C13H18N2O3. The summed E-state index contributed by atoms with van der Waals surface area (Å²) in [6.45, 7) is 2.18. The molecule has 0 spiro atoms. The number of rotatable bonds is 5. The van der Waals surface area contributed by atoms with Gasteiger partial charge < -0.3 is 15.2 Å². The first-order valence-corrected chi connectivity index (χ1v) is 6.25. The molecule has 0 aliphatic carbocycles. The summed E-state index contributed by atoms with van der Waals surface area (Å²) in [6, 6.07) is 3.68. The standard InChI is InChI=1S/C13H18N2O3/c16-13(17)10-4-5-12(15-7-10)9-18-8-11-3-1-2-6-14-11/h4-5,7,11,14H,1-3,6,8-9H2,(H,16,17). The van der Waals surface area contributed by atoms with Crippen molar-refractivity contribution < 1.29 is 14.6 Å². The second-order valence-corrected chi connectivity index (χ2v) is 4.51. The van der Waals surface area contributed by atoms with Crippen molar-refractivity contribution in [2.24, 2.45) is 0 Å². The molecule has 2 rings (SSSR count). The maximum absolute atomic E-state index is 10.7. The van der Waals surface area contributed by atoms with Gasteiger partial charge in [0.1, 0.15) is 0 Å². The predicted octanol–water partition coefficient (Wildman–Crippen LogP) is 1.44. The highest BCUT2D eigenvalue weighted by Gasteiger charge is 2.12. The largest absolute Gasteiger partial charge is 0.478 e. The number of carboxylic acid groups (broad SMARTS) is 1. The molecule has 2 heterocycles. The topological polar surface area (TPSA) is 71.5 Å². The molecule has 5 heteroatoms. The van der Waals surface area contributed by atoms with E-state index >= 15 is 0 Å². The fourth-order valence-corrected chi connectivity index (χ4v) is 2.01. The van der Waals surface area contributed by atoms with Gasteiger partial charge >= 0.3 is 5.97 Å². The molecule has 0 bridgehead atoms. The number of aromatic carboxylic acids is 1. The molecule has 1 aromatic rings. The Balaban J connectivity index is 1.74. The van der Waals surface area contributed by atoms with E-state index < -0.39 is 5.97 Å². The lowest BCUT2D eigenvalue weighted by Crippen LogP contribution is -2.37. The third-order valence-electron chi connectivity index (χ3n) is 3.05. The maximum atomic E-state index is 10.7. The highest BCUT2D eigenvalue weighted by atomic mass is 16.5. The van der Waals surface area contributed by atoms with Gasteiger partial charge in [0.05, 0.1) is 24.5 Å². The molecular weight excluding hydrogens is 232 g/mol. The van der Waals surface area contributed by atoms with E-state index in [-0.39, 0.29) is 5.56 Å². The minimum atomic E-state index is -0.957. The van der Waals surface area contributed by atoms with Crippen molar-refractivity contribution in [1.82, 2.24) is 10.3 Å². The quantitative estimate of drug-likeness (QED) is 0.827. The van der Waals surface area contributed by atoms with Gasteiger partial charge in [0.15, 0.2) is 0 Å². The first-order chi connectivity index (χ1) is 8.75. The van der Waals surface area contributed by atoms with E-state index in [1.54, 1.807) is 12.1 Å². The lowest BCUT2D eigenvalue weighted by atomic mass is 10.1. The van der Waals surface area contributed by atoms with Crippen LogP contribution < -0.4 is 5.32 Å². The summed E-state index contributed by atoms with van der Waals surface area (Å²) in [5, 5.41) is 12.1. The molecule has 18 heavy (non-hydrogen) atoms. The maximum Gasteiger partial charge on any atom is 0.337 e. The smallest absolute Gasteiger partial charge is 0.337 e. The average molecular weight is 250 g/mol. The van der Waals surface area contributed by atoms with Gasteiger partial charge in [-0.05, 0) is 31.5 Å². The predicted molar refractivity (Wildman–Crippen MR) is 66.5 cm³/mol. The zero-order chi connectivity index (χ0) is 12.8. The molecule has 1 aliphatic heterocycles. The lowest BCUT2D eigenvalue weighted by molar-refractivity contribution is 0.0695. The van der Waals surface area contributed by atoms with Crippen LogP contribution in [0.5, 0.6) is 0 Å². The van der Waals surface area contributed by atoms with Crippen molar-refractivity contribution in [3.63, 3.8) is 0 Å². The number of aromatic nitrogens is 1. The molecule has 98 valence electrons. The van der Waals surface area contributed by atoms with Gasteiger partial charge in [0, 0.05) is 12.2 Å². The summed E-state index contributed by atoms with van der Waals surface area (Å²) in [5.74, 6) is -0.957. The van der Waals surface area contributed by atoms with Crippen molar-refractivity contribution in [3.05, 3.63) is 29.6 Å². The summed E-state index contributed by atoms with van der Waals surface area (Å²) in [7, 11) is 0. The average Bonchev–Trinajstić information content (AvgIpc) is 2.40. The summed E-state index contributed by atoms with van der Waals surface area (Å²) in [4.78, 5) is 14.7. The normalized spacial score (nSPS) is 19.7. The molecule has 0 amide bonds. The minimum Gasteiger partial charge on any atom is -0.478 e. The third kappa shape index (κ3) is 3.78. The molecule has 0 aromatic carbocycles. The number of piperidine rings is 1. The molecule has 2 N–H and O–H groups in total. The summed E-state index contributed by atoms with van der Waals surface area (Å²) < 4.78 is 5.59. The summed E-state index contributed by atoms with van der Waals surface area (Å²) >= 11 is 0. The SMILES string of the molecule is O=C(O)c1ccc(COCC2CCCCN2)nc1. The monoisotopic (exact) mass is 250 g/mol. The van der Waals surface area contributed by atoms with E-state index in [0.717, 1.165) is 18.7 Å². The number of ether oxygens (including phenoxy) is 1. The fourth-order valence-electron chi connectivity index (χ4n) is 2.01. The molecule has 1 fully saturated rings. The van der Waals surface area contributed by atoms with E-state index in [2.05, 4.69) is 10.3 Å². The Morgan fingerprint density at radius 2 is 2.39 bits per heavy atom. The highest BCUT2D eigenvalue weighted by Crippen LogP contribution is 2.08. The second-order valence-electron chi connectivity index (χ2n) is 4.51. The number of carbonyl (C=O) groups is 1. The van der Waals surface area contributed by atoms with Crippen LogP contribution in [0.15, 0.2) is 18.3 Å². The van der Waals surface area contributed by atoms with Crippen LogP contribution in [0.25, 0.3) is 0 Å². The molecule has 1 atom stereocenters. The highest BCUT2D eigenvalue weighted by molar-refractivity contribution is 5.87. The zero-order valence-corrected chi connectivity index (χ0v) is 10.3.